The molecule has 1 atom stereocenters. The van der Waals surface area contributed by atoms with Gasteiger partial charge in [-0.3, -0.25) is 0 Å². The first-order valence-electron chi connectivity index (χ1n) is 9.75. The smallest absolute Gasteiger partial charge is 0.175 e. The Kier molecular flexibility index (Phi) is 15.6. The second kappa shape index (κ2) is 15.6. The lowest BCUT2D eigenvalue weighted by atomic mass is 10.2. The summed E-state index contributed by atoms with van der Waals surface area (Å²) in [5.74, 6) is 0. The lowest BCUT2D eigenvalue weighted by Crippen LogP contribution is -2.36. The minimum atomic E-state index is -0.403. The fourth-order valence-electron chi connectivity index (χ4n) is 2.61. The van der Waals surface area contributed by atoms with Crippen LogP contribution in [0.25, 0.3) is 0 Å². The highest BCUT2D eigenvalue weighted by molar-refractivity contribution is 6.27. The van der Waals surface area contributed by atoms with Gasteiger partial charge in [0.1, 0.15) is 0 Å². The van der Waals surface area contributed by atoms with E-state index < -0.39 is 9.76 Å². The topological polar surface area (TPSA) is 27.7 Å². The van der Waals surface area contributed by atoms with Gasteiger partial charge in [-0.25, -0.2) is 0 Å². The summed E-state index contributed by atoms with van der Waals surface area (Å²) in [7, 11) is 1.83. The normalized spacial score (nSPS) is 14.0. The van der Waals surface area contributed by atoms with Crippen molar-refractivity contribution >= 4 is 9.76 Å². The highest BCUT2D eigenvalue weighted by Gasteiger charge is 2.07. The van der Waals surface area contributed by atoms with E-state index in [1.807, 2.05) is 0 Å². The minimum Gasteiger partial charge on any atom is -0.420 e. The summed E-state index contributed by atoms with van der Waals surface area (Å²) in [5.41, 5.74) is 0. The molecule has 1 unspecified atom stereocenters. The molecule has 1 N–H and O–H groups in total. The van der Waals surface area contributed by atoms with Gasteiger partial charge in [-0.05, 0) is 86.2 Å². The molecule has 0 aromatic rings. The fourth-order valence-corrected chi connectivity index (χ4v) is 3.89. The molecule has 0 bridgehead atoms. The molecule has 0 fully saturated rings. The van der Waals surface area contributed by atoms with Crippen LogP contribution in [0.1, 0.15) is 60.3 Å². The summed E-state index contributed by atoms with van der Waals surface area (Å²) in [5, 5.41) is 3.60. The summed E-state index contributed by atoms with van der Waals surface area (Å²) < 4.78 is 5.87. The molecule has 140 valence electrons. The van der Waals surface area contributed by atoms with Crippen LogP contribution in [0.5, 0.6) is 0 Å². The highest BCUT2D eigenvalue weighted by atomic mass is 28.2. The number of rotatable bonds is 16. The van der Waals surface area contributed by atoms with Crippen molar-refractivity contribution in [3.05, 3.63) is 0 Å². The zero-order valence-electron chi connectivity index (χ0n) is 16.7. The number of hydrogen-bond acceptors (Lipinski definition) is 4. The Morgan fingerprint density at radius 3 is 2.30 bits per heavy atom. The predicted molar refractivity (Wildman–Crippen MR) is 106 cm³/mol. The van der Waals surface area contributed by atoms with E-state index in [1.165, 1.54) is 58.0 Å². The molecule has 0 saturated heterocycles. The van der Waals surface area contributed by atoms with Gasteiger partial charge >= 0.3 is 0 Å². The molecule has 23 heavy (non-hydrogen) atoms. The molecule has 0 radical (unpaired) electrons. The van der Waals surface area contributed by atoms with Crippen molar-refractivity contribution in [3.8, 4) is 0 Å². The van der Waals surface area contributed by atoms with E-state index in [-0.39, 0.29) is 0 Å². The second-order valence-corrected chi connectivity index (χ2v) is 8.22. The Labute approximate surface area is 148 Å². The van der Waals surface area contributed by atoms with Crippen LogP contribution in [-0.4, -0.2) is 77.6 Å². The zero-order valence-corrected chi connectivity index (χ0v) is 18.1. The van der Waals surface area contributed by atoms with Gasteiger partial charge in [0.2, 0.25) is 0 Å². The number of nitrogens with zero attached hydrogens (tertiary/aromatic N) is 2. The molecule has 0 aromatic heterocycles. The van der Waals surface area contributed by atoms with Crippen molar-refractivity contribution in [1.29, 1.82) is 0 Å². The summed E-state index contributed by atoms with van der Waals surface area (Å²) in [4.78, 5) is 5.08. The van der Waals surface area contributed by atoms with Crippen LogP contribution in [0.15, 0.2) is 0 Å². The summed E-state index contributed by atoms with van der Waals surface area (Å²) in [6, 6.07) is 0.643. The van der Waals surface area contributed by atoms with Crippen molar-refractivity contribution in [3.63, 3.8) is 0 Å². The lowest BCUT2D eigenvalue weighted by molar-refractivity contribution is 0.227. The predicted octanol–water partition coefficient (Wildman–Crippen LogP) is 2.26. The van der Waals surface area contributed by atoms with E-state index in [2.05, 4.69) is 56.8 Å². The van der Waals surface area contributed by atoms with E-state index in [4.69, 9.17) is 4.43 Å². The van der Waals surface area contributed by atoms with Crippen LogP contribution in [-0.2, 0) is 4.43 Å². The van der Waals surface area contributed by atoms with Crippen LogP contribution < -0.4 is 5.32 Å². The number of hydrogen-bond donors (Lipinski definition) is 1. The lowest BCUT2D eigenvalue weighted by Gasteiger charge is -2.24. The van der Waals surface area contributed by atoms with Crippen LogP contribution in [0.2, 0.25) is 0 Å². The first kappa shape index (κ1) is 23.1. The second-order valence-electron chi connectivity index (χ2n) is 7.03. The molecule has 0 aromatic carbocycles. The van der Waals surface area contributed by atoms with Crippen molar-refractivity contribution in [2.45, 2.75) is 72.4 Å². The Hall–Kier alpha value is 0.0569. The largest absolute Gasteiger partial charge is 0.420 e. The van der Waals surface area contributed by atoms with Crippen LogP contribution >= 0.6 is 0 Å². The van der Waals surface area contributed by atoms with Crippen LogP contribution in [0.3, 0.4) is 0 Å². The monoisotopic (exact) mass is 345 g/mol. The van der Waals surface area contributed by atoms with E-state index in [9.17, 15) is 0 Å². The van der Waals surface area contributed by atoms with Gasteiger partial charge in [0, 0.05) is 18.3 Å². The minimum absolute atomic E-state index is 0.395. The molecule has 0 saturated carbocycles. The van der Waals surface area contributed by atoms with Crippen molar-refractivity contribution < 1.29 is 4.43 Å². The molecular weight excluding hydrogens is 302 g/mol. The zero-order chi connectivity index (χ0) is 17.5. The number of nitrogens with one attached hydrogen (secondary N) is 1. The molecular formula is C18H43N3OSi. The van der Waals surface area contributed by atoms with E-state index in [1.54, 1.807) is 0 Å². The molecule has 0 heterocycles. The van der Waals surface area contributed by atoms with Gasteiger partial charge in [-0.2, -0.15) is 0 Å². The molecule has 4 nitrogen and oxygen atoms in total. The maximum absolute atomic E-state index is 5.87. The van der Waals surface area contributed by atoms with Gasteiger partial charge in [0.15, 0.2) is 9.76 Å². The molecule has 0 rings (SSSR count). The van der Waals surface area contributed by atoms with Gasteiger partial charge in [0.05, 0.1) is 0 Å². The van der Waals surface area contributed by atoms with Crippen LogP contribution in [0, 0.1) is 0 Å². The molecule has 0 aliphatic rings. The molecule has 0 aliphatic heterocycles. The van der Waals surface area contributed by atoms with Crippen molar-refractivity contribution in [2.75, 3.05) is 45.9 Å². The Balaban J connectivity index is 3.97. The first-order valence-corrected chi connectivity index (χ1v) is 11.3. The first-order chi connectivity index (χ1) is 11.0. The van der Waals surface area contributed by atoms with E-state index in [0.717, 1.165) is 6.54 Å². The van der Waals surface area contributed by atoms with Gasteiger partial charge in [-0.1, -0.05) is 13.8 Å². The highest BCUT2D eigenvalue weighted by Crippen LogP contribution is 1.98. The van der Waals surface area contributed by atoms with Crippen LogP contribution in [0.4, 0.5) is 0 Å². The van der Waals surface area contributed by atoms with Gasteiger partial charge in [-0.15, -0.1) is 0 Å². The Morgan fingerprint density at radius 2 is 1.70 bits per heavy atom. The SMILES string of the molecule is CCCN(C)CCCN(CCCNC(C)CC)C[SiH2]OC(C)C. The Morgan fingerprint density at radius 1 is 1.00 bits per heavy atom. The maximum atomic E-state index is 5.87. The molecule has 0 amide bonds. The standard InChI is InChI=1S/C18H43N3OSi/c1-7-12-20(6)13-10-15-21(16-23-22-17(3)4)14-9-11-19-18(5)8-2/h17-19H,7-16,23H2,1-6H3. The third-order valence-corrected chi connectivity index (χ3v) is 5.95. The summed E-state index contributed by atoms with van der Waals surface area (Å²) >= 11 is 0. The van der Waals surface area contributed by atoms with Crippen molar-refractivity contribution in [2.24, 2.45) is 0 Å². The average Bonchev–Trinajstić information content (AvgIpc) is 2.50. The summed E-state index contributed by atoms with van der Waals surface area (Å²) in [6.07, 6.45) is 6.56. The molecule has 0 spiro atoms. The third kappa shape index (κ3) is 15.3. The fraction of sp³-hybridized carbons (Fsp3) is 1.00. The quantitative estimate of drug-likeness (QED) is 0.343. The Bertz CT molecular complexity index is 254. The van der Waals surface area contributed by atoms with Gasteiger partial charge in [0.25, 0.3) is 0 Å². The maximum Gasteiger partial charge on any atom is 0.175 e. The summed E-state index contributed by atoms with van der Waals surface area (Å²) in [6.45, 7) is 17.0. The third-order valence-electron chi connectivity index (χ3n) is 4.23. The van der Waals surface area contributed by atoms with E-state index >= 15 is 0 Å². The van der Waals surface area contributed by atoms with Gasteiger partial charge < -0.3 is 19.5 Å². The molecule has 0 aliphatic carbocycles. The average molecular weight is 346 g/mol. The molecule has 5 heteroatoms. The van der Waals surface area contributed by atoms with E-state index in [0.29, 0.717) is 12.1 Å². The van der Waals surface area contributed by atoms with Crippen molar-refractivity contribution in [1.82, 2.24) is 15.1 Å².